The van der Waals surface area contributed by atoms with Crippen LogP contribution in [0.25, 0.3) is 27.5 Å². The average Bonchev–Trinajstić information content (AvgIpc) is 0.994. The fourth-order valence-electron chi connectivity index (χ4n) is 14.1. The van der Waals surface area contributed by atoms with Crippen molar-refractivity contribution in [1.29, 1.82) is 0 Å². The van der Waals surface area contributed by atoms with Crippen LogP contribution in [-0.2, 0) is 32.5 Å². The fourth-order valence-corrected chi connectivity index (χ4v) is 14.1. The quantitative estimate of drug-likeness (QED) is 0.154. The van der Waals surface area contributed by atoms with Crippen LogP contribution < -0.4 is 31.1 Å². The summed E-state index contributed by atoms with van der Waals surface area (Å²) in [6.45, 7) is 39.8. The molecule has 0 spiro atoms. The number of nitrogens with zero attached hydrogens (tertiary/aromatic N) is 4. The van der Waals surface area contributed by atoms with Crippen LogP contribution in [-0.4, -0.2) is 11.3 Å². The highest BCUT2D eigenvalue weighted by Crippen LogP contribution is 2.51. The maximum atomic E-state index is 2.60. The van der Waals surface area contributed by atoms with Crippen molar-refractivity contribution in [3.8, 4) is 5.69 Å². The Morgan fingerprint density at radius 3 is 1.36 bits per heavy atom. The highest BCUT2D eigenvalue weighted by molar-refractivity contribution is 7.00. The highest BCUT2D eigenvalue weighted by atomic mass is 15.2. The first-order valence-corrected chi connectivity index (χ1v) is 30.9. The summed E-state index contributed by atoms with van der Waals surface area (Å²) in [6, 6.07) is 71.4. The Morgan fingerprint density at radius 2 is 0.810 bits per heavy atom. The summed E-state index contributed by atoms with van der Waals surface area (Å²) in [5.41, 5.74) is 27.7. The highest BCUT2D eigenvalue weighted by Gasteiger charge is 2.45. The minimum absolute atomic E-state index is 0.000395. The number of para-hydroxylation sites is 1. The zero-order valence-electron chi connectivity index (χ0n) is 53.1. The van der Waals surface area contributed by atoms with E-state index in [1.807, 2.05) is 0 Å². The van der Waals surface area contributed by atoms with E-state index in [9.17, 15) is 0 Å². The number of anilines is 9. The van der Waals surface area contributed by atoms with Gasteiger partial charge in [-0.2, -0.15) is 0 Å². The molecule has 0 radical (unpaired) electrons. The Morgan fingerprint density at radius 1 is 0.381 bits per heavy atom. The molecule has 1 aliphatic carbocycles. The van der Waals surface area contributed by atoms with Crippen LogP contribution in [0.4, 0.5) is 51.2 Å². The largest absolute Gasteiger partial charge is 0.311 e. The second-order valence-corrected chi connectivity index (χ2v) is 30.4. The summed E-state index contributed by atoms with van der Waals surface area (Å²) in [4.78, 5) is 7.74. The van der Waals surface area contributed by atoms with Crippen LogP contribution in [0.5, 0.6) is 0 Å². The van der Waals surface area contributed by atoms with E-state index >= 15 is 0 Å². The Balaban J connectivity index is 1.08. The molecular formula is C79H85BN4. The van der Waals surface area contributed by atoms with Gasteiger partial charge in [0.25, 0.3) is 6.71 Å². The molecule has 0 fully saturated rings. The molecule has 0 amide bonds. The first-order chi connectivity index (χ1) is 39.6. The summed E-state index contributed by atoms with van der Waals surface area (Å²) >= 11 is 0. The van der Waals surface area contributed by atoms with Crippen molar-refractivity contribution < 1.29 is 0 Å². The van der Waals surface area contributed by atoms with Gasteiger partial charge in [0, 0.05) is 67.6 Å². The molecule has 3 aliphatic rings. The van der Waals surface area contributed by atoms with E-state index in [0.29, 0.717) is 0 Å². The maximum absolute atomic E-state index is 2.60. The first kappa shape index (κ1) is 55.4. The molecule has 2 aliphatic heterocycles. The molecule has 0 N–H and O–H groups in total. The number of hydrogen-bond acceptors (Lipinski definition) is 3. The molecule has 5 heteroatoms. The Hall–Kier alpha value is -7.76. The smallest absolute Gasteiger partial charge is 0.252 e. The van der Waals surface area contributed by atoms with Gasteiger partial charge >= 0.3 is 0 Å². The minimum atomic E-state index is -0.0520. The molecule has 424 valence electrons. The molecule has 0 saturated carbocycles. The van der Waals surface area contributed by atoms with Crippen LogP contribution in [0.2, 0.25) is 0 Å². The summed E-state index contributed by atoms with van der Waals surface area (Å²) in [5, 5.41) is 2.49. The molecule has 0 unspecified atom stereocenters. The molecule has 0 saturated heterocycles. The Labute approximate surface area is 502 Å². The number of benzene rings is 9. The van der Waals surface area contributed by atoms with E-state index in [4.69, 9.17) is 0 Å². The fraction of sp³-hybridized carbons (Fsp3) is 0.316. The van der Waals surface area contributed by atoms with Crippen molar-refractivity contribution in [2.24, 2.45) is 0 Å². The van der Waals surface area contributed by atoms with E-state index < -0.39 is 0 Å². The van der Waals surface area contributed by atoms with Gasteiger partial charge < -0.3 is 19.3 Å². The van der Waals surface area contributed by atoms with Gasteiger partial charge in [0.1, 0.15) is 0 Å². The number of fused-ring (bicyclic) bond motifs is 8. The zero-order valence-corrected chi connectivity index (χ0v) is 53.1. The third kappa shape index (κ3) is 9.18. The lowest BCUT2D eigenvalue weighted by Crippen LogP contribution is -2.61. The standard InChI is InChI=1S/C79H85BN4/c1-50-44-71-73-72(45-50)84(57-33-26-53(27-34-57)76(8,9)10)70-49-60(37-41-66(70)80(73)65-40-28-54(77(11,12)13)46-69(65)83(71)56-31-24-52(25-32-56)75(5,6)7)81(58-36-39-63-64(47-58)79(16,17)43-42-78(63,14)15)59-35-38-62-61-20-18-19-21-67(61)82(68(62)48-59)55-29-22-51(23-30-55)74(2,3)4/h18-41,44-49H,42-43H2,1-17H3. The maximum Gasteiger partial charge on any atom is 0.252 e. The Bertz CT molecular complexity index is 4240. The van der Waals surface area contributed by atoms with E-state index in [1.54, 1.807) is 0 Å². The third-order valence-electron chi connectivity index (χ3n) is 19.3. The third-order valence-corrected chi connectivity index (χ3v) is 19.3. The Kier molecular flexibility index (Phi) is 12.6. The summed E-state index contributed by atoms with van der Waals surface area (Å²) < 4.78 is 2.48. The van der Waals surface area contributed by atoms with Crippen molar-refractivity contribution in [2.75, 3.05) is 14.7 Å². The number of rotatable bonds is 6. The number of aromatic nitrogens is 1. The normalized spacial score (nSPS) is 15.5. The lowest BCUT2D eigenvalue weighted by Gasteiger charge is -2.45. The molecule has 84 heavy (non-hydrogen) atoms. The van der Waals surface area contributed by atoms with E-state index in [-0.39, 0.29) is 39.2 Å². The summed E-state index contributed by atoms with van der Waals surface area (Å²) in [6.07, 6.45) is 2.30. The molecule has 10 aromatic rings. The predicted octanol–water partition coefficient (Wildman–Crippen LogP) is 20.2. The van der Waals surface area contributed by atoms with Gasteiger partial charge in [0.2, 0.25) is 0 Å². The van der Waals surface area contributed by atoms with Crippen LogP contribution in [0.15, 0.2) is 182 Å². The lowest BCUT2D eigenvalue weighted by molar-refractivity contribution is 0.332. The topological polar surface area (TPSA) is 14.7 Å². The van der Waals surface area contributed by atoms with Crippen molar-refractivity contribution in [2.45, 2.75) is 163 Å². The SMILES string of the molecule is Cc1cc2c3c(c1)N(c1ccc(C(C)(C)C)cc1)c1cc(C(C)(C)C)ccc1B3c1ccc(N(c3ccc4c(c3)C(C)(C)CCC4(C)C)c3ccc4c5ccccc5n(-c5ccc(C(C)(C)C)cc5)c4c3)cc1N2c1ccc(C(C)(C)C)cc1. The van der Waals surface area contributed by atoms with Crippen LogP contribution in [0, 0.1) is 6.92 Å². The number of hydrogen-bond donors (Lipinski definition) is 0. The number of aryl methyl sites for hydroxylation is 1. The molecule has 1 aromatic heterocycles. The van der Waals surface area contributed by atoms with Gasteiger partial charge in [-0.15, -0.1) is 0 Å². The second kappa shape index (κ2) is 19.1. The van der Waals surface area contributed by atoms with Gasteiger partial charge in [-0.3, -0.25) is 0 Å². The van der Waals surface area contributed by atoms with Crippen molar-refractivity contribution in [3.05, 3.63) is 221 Å². The van der Waals surface area contributed by atoms with E-state index in [2.05, 4.69) is 319 Å². The molecule has 0 bridgehead atoms. The predicted molar refractivity (Wildman–Crippen MR) is 364 cm³/mol. The summed E-state index contributed by atoms with van der Waals surface area (Å²) in [7, 11) is 0. The monoisotopic (exact) mass is 1100 g/mol. The van der Waals surface area contributed by atoms with E-state index in [0.717, 1.165) is 41.3 Å². The van der Waals surface area contributed by atoms with Crippen LogP contribution in [0.1, 0.15) is 163 Å². The lowest BCUT2D eigenvalue weighted by atomic mass is 9.33. The van der Waals surface area contributed by atoms with Gasteiger partial charge in [-0.1, -0.05) is 196 Å². The van der Waals surface area contributed by atoms with Crippen molar-refractivity contribution in [1.82, 2.24) is 4.57 Å². The van der Waals surface area contributed by atoms with Gasteiger partial charge in [-0.05, 0) is 205 Å². The van der Waals surface area contributed by atoms with Crippen molar-refractivity contribution >= 4 is 96.1 Å². The second-order valence-electron chi connectivity index (χ2n) is 30.4. The summed E-state index contributed by atoms with van der Waals surface area (Å²) in [5.74, 6) is 0. The van der Waals surface area contributed by atoms with Crippen molar-refractivity contribution in [3.63, 3.8) is 0 Å². The molecule has 3 heterocycles. The minimum Gasteiger partial charge on any atom is -0.311 e. The van der Waals surface area contributed by atoms with Gasteiger partial charge in [-0.25, -0.2) is 0 Å². The molecular weight excluding hydrogens is 1020 g/mol. The van der Waals surface area contributed by atoms with Crippen LogP contribution in [0.3, 0.4) is 0 Å². The molecule has 4 nitrogen and oxygen atoms in total. The van der Waals surface area contributed by atoms with Gasteiger partial charge in [0.15, 0.2) is 0 Å². The average molecular weight is 1100 g/mol. The molecule has 9 aromatic carbocycles. The molecule has 0 atom stereocenters. The van der Waals surface area contributed by atoms with Crippen LogP contribution >= 0.6 is 0 Å². The van der Waals surface area contributed by atoms with Gasteiger partial charge in [0.05, 0.1) is 11.0 Å². The van der Waals surface area contributed by atoms with E-state index in [1.165, 1.54) is 106 Å². The molecule has 13 rings (SSSR count). The first-order valence-electron chi connectivity index (χ1n) is 30.9. The zero-order chi connectivity index (χ0) is 59.4.